The highest BCUT2D eigenvalue weighted by atomic mass is 32.1. The standard InChI is InChI=1S/C15H19NOS/c18-12-4-2-1-3-11-17-14-9-5-7-13-8-6-10-16-15(13)14/h5-10,18H,1-4,11-12H2. The van der Waals surface area contributed by atoms with Crippen LogP contribution in [-0.2, 0) is 0 Å². The van der Waals surface area contributed by atoms with E-state index < -0.39 is 0 Å². The zero-order valence-electron chi connectivity index (χ0n) is 10.5. The fraction of sp³-hybridized carbons (Fsp3) is 0.400. The third-order valence-corrected chi connectivity index (χ3v) is 3.22. The van der Waals surface area contributed by atoms with Crippen molar-refractivity contribution in [1.82, 2.24) is 4.98 Å². The van der Waals surface area contributed by atoms with Crippen LogP contribution in [0.5, 0.6) is 5.75 Å². The van der Waals surface area contributed by atoms with Crippen LogP contribution in [0.2, 0.25) is 0 Å². The summed E-state index contributed by atoms with van der Waals surface area (Å²) in [5.41, 5.74) is 0.954. The molecule has 2 rings (SSSR count). The highest BCUT2D eigenvalue weighted by Crippen LogP contribution is 2.23. The van der Waals surface area contributed by atoms with Crippen molar-refractivity contribution in [2.75, 3.05) is 12.4 Å². The van der Waals surface area contributed by atoms with Crippen molar-refractivity contribution < 1.29 is 4.74 Å². The molecule has 2 aromatic rings. The minimum Gasteiger partial charge on any atom is -0.491 e. The Morgan fingerprint density at radius 1 is 1.00 bits per heavy atom. The normalized spacial score (nSPS) is 10.7. The highest BCUT2D eigenvalue weighted by molar-refractivity contribution is 7.80. The SMILES string of the molecule is SCCCCCCOc1cccc2cccnc12. The van der Waals surface area contributed by atoms with Gasteiger partial charge >= 0.3 is 0 Å². The number of thiol groups is 1. The lowest BCUT2D eigenvalue weighted by Crippen LogP contribution is -1.98. The Balaban J connectivity index is 1.88. The Bertz CT molecular complexity index is 481. The number of rotatable bonds is 7. The van der Waals surface area contributed by atoms with Gasteiger partial charge in [-0.3, -0.25) is 4.98 Å². The number of para-hydroxylation sites is 1. The zero-order valence-corrected chi connectivity index (χ0v) is 11.4. The van der Waals surface area contributed by atoms with Crippen LogP contribution in [0.3, 0.4) is 0 Å². The van der Waals surface area contributed by atoms with Crippen molar-refractivity contribution in [2.24, 2.45) is 0 Å². The number of aromatic nitrogens is 1. The summed E-state index contributed by atoms with van der Waals surface area (Å²) >= 11 is 4.20. The molecule has 0 spiro atoms. The predicted molar refractivity (Wildman–Crippen MR) is 79.6 cm³/mol. The molecule has 0 N–H and O–H groups in total. The van der Waals surface area contributed by atoms with Gasteiger partial charge in [-0.15, -0.1) is 0 Å². The maximum absolute atomic E-state index is 5.82. The fourth-order valence-electron chi connectivity index (χ4n) is 1.94. The van der Waals surface area contributed by atoms with E-state index in [1.807, 2.05) is 24.4 Å². The molecule has 0 aliphatic carbocycles. The molecule has 0 saturated carbocycles. The molecular weight excluding hydrogens is 242 g/mol. The number of hydrogen-bond acceptors (Lipinski definition) is 3. The second kappa shape index (κ2) is 7.27. The molecule has 1 aromatic carbocycles. The molecule has 0 unspecified atom stereocenters. The van der Waals surface area contributed by atoms with Crippen LogP contribution in [0.1, 0.15) is 25.7 Å². The third-order valence-electron chi connectivity index (χ3n) is 2.91. The summed E-state index contributed by atoms with van der Waals surface area (Å²) in [6.07, 6.45) is 6.54. The van der Waals surface area contributed by atoms with Crippen LogP contribution in [0.25, 0.3) is 10.9 Å². The summed E-state index contributed by atoms with van der Waals surface area (Å²) in [5.74, 6) is 1.87. The van der Waals surface area contributed by atoms with Crippen LogP contribution in [0.15, 0.2) is 36.5 Å². The average molecular weight is 261 g/mol. The number of pyridine rings is 1. The number of unbranched alkanes of at least 4 members (excludes halogenated alkanes) is 3. The highest BCUT2D eigenvalue weighted by Gasteiger charge is 2.01. The summed E-state index contributed by atoms with van der Waals surface area (Å²) in [6.45, 7) is 0.766. The minimum absolute atomic E-state index is 0.766. The quantitative estimate of drug-likeness (QED) is 0.598. The van der Waals surface area contributed by atoms with E-state index >= 15 is 0 Å². The third kappa shape index (κ3) is 3.64. The summed E-state index contributed by atoms with van der Waals surface area (Å²) in [7, 11) is 0. The second-order valence-electron chi connectivity index (χ2n) is 4.32. The Morgan fingerprint density at radius 2 is 1.83 bits per heavy atom. The van der Waals surface area contributed by atoms with E-state index in [0.717, 1.165) is 35.4 Å². The number of nitrogens with zero attached hydrogens (tertiary/aromatic N) is 1. The van der Waals surface area contributed by atoms with Crippen molar-refractivity contribution in [3.63, 3.8) is 0 Å². The van der Waals surface area contributed by atoms with Gasteiger partial charge in [0.15, 0.2) is 0 Å². The van der Waals surface area contributed by atoms with Crippen molar-refractivity contribution in [3.05, 3.63) is 36.5 Å². The van der Waals surface area contributed by atoms with E-state index in [1.54, 1.807) is 0 Å². The maximum atomic E-state index is 5.82. The first-order valence-electron chi connectivity index (χ1n) is 6.49. The molecule has 0 aliphatic rings. The van der Waals surface area contributed by atoms with Crippen molar-refractivity contribution >= 4 is 23.5 Å². The van der Waals surface area contributed by atoms with Gasteiger partial charge in [0.25, 0.3) is 0 Å². The van der Waals surface area contributed by atoms with Crippen LogP contribution in [0, 0.1) is 0 Å². The van der Waals surface area contributed by atoms with E-state index in [1.165, 1.54) is 19.3 Å². The summed E-state index contributed by atoms with van der Waals surface area (Å²) in [4.78, 5) is 4.37. The number of hydrogen-bond donors (Lipinski definition) is 1. The largest absolute Gasteiger partial charge is 0.491 e. The van der Waals surface area contributed by atoms with Crippen LogP contribution in [-0.4, -0.2) is 17.3 Å². The lowest BCUT2D eigenvalue weighted by molar-refractivity contribution is 0.308. The molecule has 1 aromatic heterocycles. The van der Waals surface area contributed by atoms with Gasteiger partial charge in [-0.25, -0.2) is 0 Å². The lowest BCUT2D eigenvalue weighted by Gasteiger charge is -2.08. The molecule has 0 amide bonds. The molecule has 18 heavy (non-hydrogen) atoms. The molecule has 2 nitrogen and oxygen atoms in total. The van der Waals surface area contributed by atoms with Gasteiger partial charge in [0.1, 0.15) is 11.3 Å². The van der Waals surface area contributed by atoms with E-state index in [4.69, 9.17) is 4.74 Å². The minimum atomic E-state index is 0.766. The molecule has 96 valence electrons. The van der Waals surface area contributed by atoms with E-state index in [2.05, 4.69) is 29.7 Å². The monoisotopic (exact) mass is 261 g/mol. The van der Waals surface area contributed by atoms with Gasteiger partial charge in [-0.2, -0.15) is 12.6 Å². The predicted octanol–water partition coefficient (Wildman–Crippen LogP) is 4.10. The first-order chi connectivity index (χ1) is 8.92. The van der Waals surface area contributed by atoms with E-state index in [9.17, 15) is 0 Å². The van der Waals surface area contributed by atoms with Gasteiger partial charge in [0, 0.05) is 11.6 Å². The summed E-state index contributed by atoms with van der Waals surface area (Å²) in [6, 6.07) is 10.1. The lowest BCUT2D eigenvalue weighted by atomic mass is 10.2. The first-order valence-corrected chi connectivity index (χ1v) is 7.12. The number of fused-ring (bicyclic) bond motifs is 1. The number of ether oxygens (including phenoxy) is 1. The molecule has 3 heteroatoms. The molecule has 0 fully saturated rings. The second-order valence-corrected chi connectivity index (χ2v) is 4.76. The molecular formula is C15H19NOS. The summed E-state index contributed by atoms with van der Waals surface area (Å²) in [5, 5.41) is 1.13. The Labute approximate surface area is 114 Å². The van der Waals surface area contributed by atoms with Gasteiger partial charge in [-0.05, 0) is 30.7 Å². The molecule has 0 atom stereocenters. The molecule has 1 heterocycles. The zero-order chi connectivity index (χ0) is 12.6. The van der Waals surface area contributed by atoms with E-state index in [-0.39, 0.29) is 0 Å². The van der Waals surface area contributed by atoms with E-state index in [0.29, 0.717) is 0 Å². The van der Waals surface area contributed by atoms with Gasteiger partial charge in [0.2, 0.25) is 0 Å². The van der Waals surface area contributed by atoms with Gasteiger partial charge < -0.3 is 4.74 Å². The van der Waals surface area contributed by atoms with Gasteiger partial charge in [-0.1, -0.05) is 31.0 Å². The van der Waals surface area contributed by atoms with Crippen LogP contribution < -0.4 is 4.74 Å². The Kier molecular flexibility index (Phi) is 5.34. The fourth-order valence-corrected chi connectivity index (χ4v) is 2.17. The van der Waals surface area contributed by atoms with Crippen molar-refractivity contribution in [3.8, 4) is 5.75 Å². The Hall–Kier alpha value is -1.22. The van der Waals surface area contributed by atoms with Crippen LogP contribution >= 0.6 is 12.6 Å². The smallest absolute Gasteiger partial charge is 0.145 e. The van der Waals surface area contributed by atoms with Crippen LogP contribution in [0.4, 0.5) is 0 Å². The summed E-state index contributed by atoms with van der Waals surface area (Å²) < 4.78 is 5.82. The molecule has 0 radical (unpaired) electrons. The van der Waals surface area contributed by atoms with Crippen molar-refractivity contribution in [1.29, 1.82) is 0 Å². The molecule has 0 bridgehead atoms. The number of benzene rings is 1. The molecule has 0 aliphatic heterocycles. The first kappa shape index (κ1) is 13.2. The topological polar surface area (TPSA) is 22.1 Å². The maximum Gasteiger partial charge on any atom is 0.145 e. The molecule has 0 saturated heterocycles. The Morgan fingerprint density at radius 3 is 2.72 bits per heavy atom. The van der Waals surface area contributed by atoms with Gasteiger partial charge in [0.05, 0.1) is 6.61 Å². The van der Waals surface area contributed by atoms with Crippen molar-refractivity contribution in [2.45, 2.75) is 25.7 Å². The average Bonchev–Trinajstić information content (AvgIpc) is 2.43.